The van der Waals surface area contributed by atoms with Gasteiger partial charge in [-0.15, -0.1) is 0 Å². The predicted molar refractivity (Wildman–Crippen MR) is 83.7 cm³/mol. The van der Waals surface area contributed by atoms with Crippen LogP contribution in [0.3, 0.4) is 0 Å². The van der Waals surface area contributed by atoms with Crippen molar-refractivity contribution in [3.63, 3.8) is 0 Å². The number of aromatic nitrogens is 2. The zero-order valence-corrected chi connectivity index (χ0v) is 14.1. The van der Waals surface area contributed by atoms with Gasteiger partial charge in [-0.3, -0.25) is 14.8 Å². The molecule has 0 aliphatic carbocycles. The van der Waals surface area contributed by atoms with E-state index in [-0.39, 0.29) is 18.9 Å². The van der Waals surface area contributed by atoms with Crippen LogP contribution in [-0.4, -0.2) is 71.7 Å². The molecule has 0 radical (unpaired) electrons. The van der Waals surface area contributed by atoms with Crippen LogP contribution >= 0.6 is 0 Å². The fourth-order valence-corrected chi connectivity index (χ4v) is 3.93. The number of aryl methyl sites for hydroxylation is 1. The number of nitrogens with one attached hydrogen (secondary N) is 1. The number of rotatable bonds is 5. The van der Waals surface area contributed by atoms with Gasteiger partial charge < -0.3 is 9.64 Å². The molecule has 1 aromatic heterocycles. The highest BCUT2D eigenvalue weighted by Crippen LogP contribution is 2.45. The number of methoxy groups -OCH3 is 1. The lowest BCUT2D eigenvalue weighted by atomic mass is 9.77. The molecule has 1 spiro atoms. The molecular weight excluding hydrogens is 318 g/mol. The van der Waals surface area contributed by atoms with Crippen molar-refractivity contribution >= 4 is 5.91 Å². The molecule has 6 nitrogen and oxygen atoms in total. The summed E-state index contributed by atoms with van der Waals surface area (Å²) in [5.41, 5.74) is 0.633. The second-order valence-corrected chi connectivity index (χ2v) is 7.04. The van der Waals surface area contributed by atoms with Gasteiger partial charge in [0.25, 0.3) is 5.92 Å². The molecule has 1 amide bonds. The van der Waals surface area contributed by atoms with Gasteiger partial charge in [0.05, 0.1) is 24.3 Å². The Balaban J connectivity index is 1.74. The minimum Gasteiger partial charge on any atom is -0.383 e. The van der Waals surface area contributed by atoms with Crippen LogP contribution in [0.2, 0.25) is 0 Å². The molecule has 2 aliphatic heterocycles. The second-order valence-electron chi connectivity index (χ2n) is 7.04. The average molecular weight is 342 g/mol. The maximum absolute atomic E-state index is 14.3. The Bertz CT molecular complexity index is 607. The van der Waals surface area contributed by atoms with E-state index in [1.807, 2.05) is 13.0 Å². The first kappa shape index (κ1) is 17.3. The van der Waals surface area contributed by atoms with E-state index >= 15 is 0 Å². The number of carbonyl (C=O) groups excluding carboxylic acids is 1. The number of halogens is 2. The van der Waals surface area contributed by atoms with Gasteiger partial charge in [0.1, 0.15) is 0 Å². The van der Waals surface area contributed by atoms with Crippen LogP contribution in [0.4, 0.5) is 8.78 Å². The lowest BCUT2D eigenvalue weighted by Crippen LogP contribution is -2.55. The summed E-state index contributed by atoms with van der Waals surface area (Å²) in [4.78, 5) is 16.1. The fourth-order valence-electron chi connectivity index (χ4n) is 3.93. The minimum atomic E-state index is -2.86. The maximum Gasteiger partial charge on any atom is 0.261 e. The quantitative estimate of drug-likeness (QED) is 0.879. The van der Waals surface area contributed by atoms with Crippen molar-refractivity contribution in [3.8, 4) is 0 Å². The van der Waals surface area contributed by atoms with Gasteiger partial charge in [-0.2, -0.15) is 5.10 Å². The summed E-state index contributed by atoms with van der Waals surface area (Å²) >= 11 is 0. The molecule has 8 heteroatoms. The Morgan fingerprint density at radius 2 is 2.21 bits per heavy atom. The van der Waals surface area contributed by atoms with E-state index in [0.717, 1.165) is 11.4 Å². The number of H-pyrrole nitrogens is 1. The van der Waals surface area contributed by atoms with Crippen LogP contribution in [0.1, 0.15) is 24.2 Å². The van der Waals surface area contributed by atoms with Gasteiger partial charge in [0.2, 0.25) is 5.91 Å². The first-order valence-electron chi connectivity index (χ1n) is 8.23. The molecule has 0 aromatic carbocycles. The molecule has 3 heterocycles. The van der Waals surface area contributed by atoms with E-state index in [4.69, 9.17) is 4.74 Å². The van der Waals surface area contributed by atoms with Crippen LogP contribution in [0, 0.1) is 12.3 Å². The lowest BCUT2D eigenvalue weighted by Gasteiger charge is -2.42. The first-order chi connectivity index (χ1) is 11.3. The molecule has 24 heavy (non-hydrogen) atoms. The van der Waals surface area contributed by atoms with Crippen molar-refractivity contribution in [3.05, 3.63) is 17.5 Å². The molecular formula is C16H24F2N4O2. The smallest absolute Gasteiger partial charge is 0.261 e. The second kappa shape index (κ2) is 6.40. The van der Waals surface area contributed by atoms with E-state index in [1.165, 1.54) is 0 Å². The number of amides is 1. The summed E-state index contributed by atoms with van der Waals surface area (Å²) in [6.45, 7) is 3.64. The maximum atomic E-state index is 14.3. The molecule has 2 aliphatic rings. The molecule has 2 saturated heterocycles. The van der Waals surface area contributed by atoms with Gasteiger partial charge in [-0.1, -0.05) is 0 Å². The Kier molecular flexibility index (Phi) is 4.61. The molecule has 134 valence electrons. The monoisotopic (exact) mass is 342 g/mol. The number of piperidine rings is 1. The number of ether oxygens (including phenoxy) is 1. The minimum absolute atomic E-state index is 0.165. The van der Waals surface area contributed by atoms with E-state index < -0.39 is 11.3 Å². The third kappa shape index (κ3) is 3.44. The Morgan fingerprint density at radius 3 is 2.88 bits per heavy atom. The summed E-state index contributed by atoms with van der Waals surface area (Å²) in [7, 11) is 1.57. The normalized spacial score (nSPS) is 27.3. The topological polar surface area (TPSA) is 61.5 Å². The highest BCUT2D eigenvalue weighted by molar-refractivity contribution is 5.85. The Hall–Kier alpha value is -1.54. The van der Waals surface area contributed by atoms with Gasteiger partial charge >= 0.3 is 0 Å². The summed E-state index contributed by atoms with van der Waals surface area (Å²) in [5, 5.41) is 6.95. The van der Waals surface area contributed by atoms with Crippen LogP contribution < -0.4 is 0 Å². The van der Waals surface area contributed by atoms with Crippen LogP contribution in [0.15, 0.2) is 6.07 Å². The number of hydrogen-bond acceptors (Lipinski definition) is 4. The number of carbonyl (C=O) groups is 1. The summed E-state index contributed by atoms with van der Waals surface area (Å²) in [5.74, 6) is -3.03. The lowest BCUT2D eigenvalue weighted by molar-refractivity contribution is -0.155. The van der Waals surface area contributed by atoms with Gasteiger partial charge in [0, 0.05) is 45.4 Å². The molecule has 3 rings (SSSR count). The SMILES string of the molecule is COCCN1CC[C@@]2(CN(Cc3cc(C)[nH]n3)CC(F)(F)C2)C1=O. The summed E-state index contributed by atoms with van der Waals surface area (Å²) in [6, 6.07) is 1.85. The van der Waals surface area contributed by atoms with Gasteiger partial charge in [-0.25, -0.2) is 8.78 Å². The predicted octanol–water partition coefficient (Wildman–Crippen LogP) is 1.42. The number of aromatic amines is 1. The van der Waals surface area contributed by atoms with E-state index in [2.05, 4.69) is 10.2 Å². The van der Waals surface area contributed by atoms with Crippen molar-refractivity contribution in [2.75, 3.05) is 39.9 Å². The van der Waals surface area contributed by atoms with Gasteiger partial charge in [-0.05, 0) is 19.4 Å². The number of nitrogens with zero attached hydrogens (tertiary/aromatic N) is 3. The number of alkyl halides is 2. The molecule has 0 bridgehead atoms. The van der Waals surface area contributed by atoms with Crippen molar-refractivity contribution in [1.29, 1.82) is 0 Å². The summed E-state index contributed by atoms with van der Waals surface area (Å²) in [6.07, 6.45) is 0.111. The molecule has 2 fully saturated rings. The van der Waals surface area contributed by atoms with Crippen LogP contribution in [0.5, 0.6) is 0 Å². The Labute approximate surface area is 140 Å². The third-order valence-corrected chi connectivity index (χ3v) is 4.89. The molecule has 0 saturated carbocycles. The van der Waals surface area contributed by atoms with Gasteiger partial charge in [0.15, 0.2) is 0 Å². The highest BCUT2D eigenvalue weighted by Gasteiger charge is 2.56. The molecule has 1 atom stereocenters. The first-order valence-corrected chi connectivity index (χ1v) is 8.23. The van der Waals surface area contributed by atoms with E-state index in [9.17, 15) is 13.6 Å². The van der Waals surface area contributed by atoms with Crippen LogP contribution in [0.25, 0.3) is 0 Å². The average Bonchev–Trinajstić information content (AvgIpc) is 3.01. The van der Waals surface area contributed by atoms with Crippen LogP contribution in [-0.2, 0) is 16.1 Å². The van der Waals surface area contributed by atoms with Crippen molar-refractivity contribution in [2.45, 2.75) is 32.2 Å². The standard InChI is InChI=1S/C16H24F2N4O2/c1-12-7-13(20-19-12)8-21-10-15(9-16(17,18)11-21)3-4-22(14(15)23)5-6-24-2/h7H,3-6,8-11H2,1-2H3,(H,19,20)/t15-/m1/s1. The zero-order chi connectivity index (χ0) is 17.4. The van der Waals surface area contributed by atoms with Crippen molar-refractivity contribution in [1.82, 2.24) is 20.0 Å². The molecule has 0 unspecified atom stereocenters. The third-order valence-electron chi connectivity index (χ3n) is 4.89. The molecule has 1 N–H and O–H groups in total. The van der Waals surface area contributed by atoms with Crippen molar-refractivity contribution in [2.24, 2.45) is 5.41 Å². The number of hydrogen-bond donors (Lipinski definition) is 1. The Morgan fingerprint density at radius 1 is 1.42 bits per heavy atom. The number of likely N-dealkylation sites (tertiary alicyclic amines) is 2. The fraction of sp³-hybridized carbons (Fsp3) is 0.750. The van der Waals surface area contributed by atoms with E-state index in [0.29, 0.717) is 39.2 Å². The largest absolute Gasteiger partial charge is 0.383 e. The molecule has 1 aromatic rings. The zero-order valence-electron chi connectivity index (χ0n) is 14.1. The van der Waals surface area contributed by atoms with E-state index in [1.54, 1.807) is 16.9 Å². The van der Waals surface area contributed by atoms with Crippen molar-refractivity contribution < 1.29 is 18.3 Å². The summed E-state index contributed by atoms with van der Waals surface area (Å²) < 4.78 is 33.7. The highest BCUT2D eigenvalue weighted by atomic mass is 19.3.